The van der Waals surface area contributed by atoms with E-state index in [4.69, 9.17) is 9.15 Å². The zero-order valence-electron chi connectivity index (χ0n) is 15.9. The lowest BCUT2D eigenvalue weighted by Gasteiger charge is -2.11. The minimum Gasteiger partial charge on any atom is -0.465 e. The van der Waals surface area contributed by atoms with E-state index in [1.165, 1.54) is 18.2 Å². The molecule has 0 radical (unpaired) electrons. The molecule has 1 aromatic carbocycles. The summed E-state index contributed by atoms with van der Waals surface area (Å²) in [6, 6.07) is 10.0. The van der Waals surface area contributed by atoms with Crippen molar-refractivity contribution in [3.8, 4) is 0 Å². The SMILES string of the molecule is CCNC(=NCc1ccccc1CC)NCc1cc(C(=O)OC)c(C)o1. The van der Waals surface area contributed by atoms with Crippen LogP contribution in [0.1, 0.15) is 46.9 Å². The largest absolute Gasteiger partial charge is 0.465 e. The Morgan fingerprint density at radius 2 is 1.92 bits per heavy atom. The Morgan fingerprint density at radius 1 is 1.19 bits per heavy atom. The highest BCUT2D eigenvalue weighted by Crippen LogP contribution is 2.15. The smallest absolute Gasteiger partial charge is 0.341 e. The number of aryl methyl sites for hydroxylation is 2. The van der Waals surface area contributed by atoms with Crippen LogP contribution in [0.15, 0.2) is 39.7 Å². The quantitative estimate of drug-likeness (QED) is 0.452. The molecule has 0 saturated carbocycles. The van der Waals surface area contributed by atoms with Crippen molar-refractivity contribution in [3.63, 3.8) is 0 Å². The molecule has 0 fully saturated rings. The van der Waals surface area contributed by atoms with Gasteiger partial charge in [0.1, 0.15) is 17.1 Å². The van der Waals surface area contributed by atoms with Gasteiger partial charge >= 0.3 is 5.97 Å². The van der Waals surface area contributed by atoms with E-state index in [0.717, 1.165) is 13.0 Å². The molecule has 0 atom stereocenters. The summed E-state index contributed by atoms with van der Waals surface area (Å²) in [6.45, 7) is 7.69. The molecule has 26 heavy (non-hydrogen) atoms. The Hall–Kier alpha value is -2.76. The monoisotopic (exact) mass is 357 g/mol. The first-order chi connectivity index (χ1) is 12.6. The molecule has 0 aliphatic heterocycles. The molecule has 0 aliphatic rings. The minimum absolute atomic E-state index is 0.394. The molecule has 1 heterocycles. The van der Waals surface area contributed by atoms with Crippen LogP contribution >= 0.6 is 0 Å². The zero-order valence-corrected chi connectivity index (χ0v) is 15.9. The summed E-state index contributed by atoms with van der Waals surface area (Å²) in [5, 5.41) is 6.46. The van der Waals surface area contributed by atoms with Crippen molar-refractivity contribution < 1.29 is 13.9 Å². The summed E-state index contributed by atoms with van der Waals surface area (Å²) in [4.78, 5) is 16.3. The van der Waals surface area contributed by atoms with Crippen LogP contribution < -0.4 is 10.6 Å². The van der Waals surface area contributed by atoms with Gasteiger partial charge in [0.05, 0.1) is 20.2 Å². The highest BCUT2D eigenvalue weighted by molar-refractivity contribution is 5.90. The number of benzene rings is 1. The molecule has 0 saturated heterocycles. The molecule has 0 amide bonds. The molecule has 6 heteroatoms. The van der Waals surface area contributed by atoms with Crippen molar-refractivity contribution in [2.75, 3.05) is 13.7 Å². The average molecular weight is 357 g/mol. The third kappa shape index (κ3) is 5.12. The predicted octanol–water partition coefficient (Wildman–Crippen LogP) is 3.19. The van der Waals surface area contributed by atoms with Gasteiger partial charge in [-0.1, -0.05) is 31.2 Å². The number of rotatable bonds is 7. The van der Waals surface area contributed by atoms with Crippen LogP contribution in [0.4, 0.5) is 0 Å². The standard InChI is InChI=1S/C20H27N3O3/c1-5-15-9-7-8-10-16(15)12-22-20(21-6-2)23-13-17-11-18(14(3)26-17)19(24)25-4/h7-11H,5-6,12-13H2,1-4H3,(H2,21,22,23). The summed E-state index contributed by atoms with van der Waals surface area (Å²) < 4.78 is 10.4. The molecule has 0 unspecified atom stereocenters. The second-order valence-corrected chi connectivity index (χ2v) is 5.85. The highest BCUT2D eigenvalue weighted by Gasteiger charge is 2.15. The van der Waals surface area contributed by atoms with Crippen LogP contribution in [0.25, 0.3) is 0 Å². The fourth-order valence-corrected chi connectivity index (χ4v) is 2.68. The Kier molecular flexibility index (Phi) is 7.26. The maximum Gasteiger partial charge on any atom is 0.341 e. The number of furan rings is 1. The number of methoxy groups -OCH3 is 1. The summed E-state index contributed by atoms with van der Waals surface area (Å²) >= 11 is 0. The number of hydrogen-bond donors (Lipinski definition) is 2. The van der Waals surface area contributed by atoms with Gasteiger partial charge in [-0.25, -0.2) is 9.79 Å². The van der Waals surface area contributed by atoms with Crippen molar-refractivity contribution in [2.45, 2.75) is 40.3 Å². The molecule has 1 aromatic heterocycles. The third-order valence-corrected chi connectivity index (χ3v) is 4.06. The van der Waals surface area contributed by atoms with Gasteiger partial charge in [0.2, 0.25) is 0 Å². The van der Waals surface area contributed by atoms with Crippen molar-refractivity contribution in [2.24, 2.45) is 4.99 Å². The average Bonchev–Trinajstić information content (AvgIpc) is 3.04. The normalized spacial score (nSPS) is 11.3. The molecular formula is C20H27N3O3. The van der Waals surface area contributed by atoms with Gasteiger partial charge in [0.15, 0.2) is 5.96 Å². The Balaban J connectivity index is 2.05. The van der Waals surface area contributed by atoms with Crippen LogP contribution in [0.3, 0.4) is 0 Å². The lowest BCUT2D eigenvalue weighted by Crippen LogP contribution is -2.36. The Morgan fingerprint density at radius 3 is 2.58 bits per heavy atom. The zero-order chi connectivity index (χ0) is 18.9. The van der Waals surface area contributed by atoms with Gasteiger partial charge in [0.25, 0.3) is 0 Å². The van der Waals surface area contributed by atoms with Crippen molar-refractivity contribution in [3.05, 3.63) is 58.5 Å². The molecule has 140 valence electrons. The number of hydrogen-bond acceptors (Lipinski definition) is 4. The molecule has 0 aliphatic carbocycles. The molecule has 2 N–H and O–H groups in total. The lowest BCUT2D eigenvalue weighted by molar-refractivity contribution is 0.0599. The van der Waals surface area contributed by atoms with Crippen molar-refractivity contribution in [1.82, 2.24) is 10.6 Å². The first-order valence-electron chi connectivity index (χ1n) is 8.85. The molecule has 2 rings (SSSR count). The van der Waals surface area contributed by atoms with E-state index < -0.39 is 5.97 Å². The van der Waals surface area contributed by atoms with E-state index in [1.54, 1.807) is 13.0 Å². The number of esters is 1. The second kappa shape index (κ2) is 9.65. The number of guanidine groups is 1. The number of nitrogens with zero attached hydrogens (tertiary/aromatic N) is 1. The van der Waals surface area contributed by atoms with Gasteiger partial charge in [-0.2, -0.15) is 0 Å². The van der Waals surface area contributed by atoms with E-state index in [-0.39, 0.29) is 0 Å². The third-order valence-electron chi connectivity index (χ3n) is 4.06. The first kappa shape index (κ1) is 19.6. The number of ether oxygens (including phenoxy) is 1. The maximum absolute atomic E-state index is 11.7. The molecular weight excluding hydrogens is 330 g/mol. The number of carbonyl (C=O) groups is 1. The van der Waals surface area contributed by atoms with Crippen LogP contribution in [0.2, 0.25) is 0 Å². The summed E-state index contributed by atoms with van der Waals surface area (Å²) in [5.74, 6) is 1.51. The van der Waals surface area contributed by atoms with Gasteiger partial charge in [0, 0.05) is 6.54 Å². The van der Waals surface area contributed by atoms with E-state index in [9.17, 15) is 4.79 Å². The lowest BCUT2D eigenvalue weighted by atomic mass is 10.1. The highest BCUT2D eigenvalue weighted by atomic mass is 16.5. The van der Waals surface area contributed by atoms with Gasteiger partial charge in [-0.15, -0.1) is 0 Å². The topological polar surface area (TPSA) is 75.9 Å². The van der Waals surface area contributed by atoms with E-state index >= 15 is 0 Å². The molecule has 0 bridgehead atoms. The van der Waals surface area contributed by atoms with Crippen LogP contribution in [0.5, 0.6) is 0 Å². The van der Waals surface area contributed by atoms with E-state index in [1.807, 2.05) is 19.1 Å². The molecule has 2 aromatic rings. The van der Waals surface area contributed by atoms with Crippen LogP contribution in [-0.2, 0) is 24.2 Å². The minimum atomic E-state index is -0.394. The van der Waals surface area contributed by atoms with Crippen LogP contribution in [-0.4, -0.2) is 25.6 Å². The van der Waals surface area contributed by atoms with Gasteiger partial charge in [-0.05, 0) is 37.5 Å². The number of carbonyl (C=O) groups excluding carboxylic acids is 1. The second-order valence-electron chi connectivity index (χ2n) is 5.85. The molecule has 0 spiro atoms. The van der Waals surface area contributed by atoms with Crippen molar-refractivity contribution >= 4 is 11.9 Å². The summed E-state index contributed by atoms with van der Waals surface area (Å²) in [6.07, 6.45) is 0.984. The van der Waals surface area contributed by atoms with Gasteiger partial charge in [-0.3, -0.25) is 0 Å². The first-order valence-corrected chi connectivity index (χ1v) is 8.85. The Labute approximate surface area is 154 Å². The summed E-state index contributed by atoms with van der Waals surface area (Å²) in [7, 11) is 1.36. The number of aliphatic imine (C=N–C) groups is 1. The fraction of sp³-hybridized carbons (Fsp3) is 0.400. The molecule has 6 nitrogen and oxygen atoms in total. The maximum atomic E-state index is 11.7. The summed E-state index contributed by atoms with van der Waals surface area (Å²) in [5.41, 5.74) is 2.97. The van der Waals surface area contributed by atoms with E-state index in [0.29, 0.717) is 36.1 Å². The van der Waals surface area contributed by atoms with E-state index in [2.05, 4.69) is 34.7 Å². The number of nitrogens with one attached hydrogen (secondary N) is 2. The van der Waals surface area contributed by atoms with Crippen LogP contribution in [0, 0.1) is 6.92 Å². The van der Waals surface area contributed by atoms with Gasteiger partial charge < -0.3 is 19.8 Å². The predicted molar refractivity (Wildman–Crippen MR) is 102 cm³/mol. The Bertz CT molecular complexity index is 765. The fourth-order valence-electron chi connectivity index (χ4n) is 2.68. The van der Waals surface area contributed by atoms with Crippen molar-refractivity contribution in [1.29, 1.82) is 0 Å².